The quantitative estimate of drug-likeness (QED) is 0.748. The number of benzene rings is 1. The highest BCUT2D eigenvalue weighted by atomic mass is 35.5. The number of hydrogen-bond donors (Lipinski definition) is 2. The van der Waals surface area contributed by atoms with Crippen molar-refractivity contribution in [3.63, 3.8) is 0 Å². The lowest BCUT2D eigenvalue weighted by Crippen LogP contribution is -2.34. The summed E-state index contributed by atoms with van der Waals surface area (Å²) >= 11 is 7.64. The molecule has 0 spiro atoms. The van der Waals surface area contributed by atoms with E-state index >= 15 is 0 Å². The molecule has 0 saturated heterocycles. The minimum atomic E-state index is 0.234. The van der Waals surface area contributed by atoms with Crippen LogP contribution >= 0.6 is 23.4 Å². The van der Waals surface area contributed by atoms with E-state index in [4.69, 9.17) is 11.6 Å². The van der Waals surface area contributed by atoms with Crippen molar-refractivity contribution in [3.05, 3.63) is 29.3 Å². The molecule has 1 aromatic rings. The van der Waals surface area contributed by atoms with Crippen molar-refractivity contribution in [3.8, 4) is 0 Å². The maximum absolute atomic E-state index is 9.25. The minimum absolute atomic E-state index is 0.234. The lowest BCUT2D eigenvalue weighted by atomic mass is 10.2. The van der Waals surface area contributed by atoms with E-state index in [0.717, 1.165) is 17.2 Å². The molecular weight excluding hydrogens is 254 g/mol. The van der Waals surface area contributed by atoms with E-state index in [2.05, 4.69) is 5.32 Å². The van der Waals surface area contributed by atoms with Gasteiger partial charge in [-0.3, -0.25) is 0 Å². The number of nitrogens with one attached hydrogen (secondary N) is 1. The molecule has 1 unspecified atom stereocenters. The largest absolute Gasteiger partial charge is 0.395 e. The van der Waals surface area contributed by atoms with Gasteiger partial charge in [0.15, 0.2) is 0 Å². The molecule has 1 aliphatic carbocycles. The number of halogens is 1. The molecule has 1 saturated carbocycles. The van der Waals surface area contributed by atoms with Gasteiger partial charge in [-0.05, 0) is 49.3 Å². The van der Waals surface area contributed by atoms with Gasteiger partial charge in [-0.15, -0.1) is 11.8 Å². The molecule has 94 valence electrons. The van der Waals surface area contributed by atoms with Crippen LogP contribution in [0.3, 0.4) is 0 Å². The second-order valence-corrected chi connectivity index (χ2v) is 6.02. The molecule has 0 aliphatic heterocycles. The Morgan fingerprint density at radius 2 is 2.06 bits per heavy atom. The van der Waals surface area contributed by atoms with Crippen LogP contribution in [0, 0.1) is 0 Å². The van der Waals surface area contributed by atoms with Crippen LogP contribution in [-0.2, 0) is 0 Å². The molecule has 1 aliphatic rings. The molecule has 0 heterocycles. The summed E-state index contributed by atoms with van der Waals surface area (Å²) in [6, 6.07) is 8.81. The Labute approximate surface area is 112 Å². The first-order valence-electron chi connectivity index (χ1n) is 6.03. The van der Waals surface area contributed by atoms with E-state index in [0.29, 0.717) is 6.04 Å². The van der Waals surface area contributed by atoms with Gasteiger partial charge in [0.25, 0.3) is 0 Å². The Balaban J connectivity index is 1.68. The van der Waals surface area contributed by atoms with Gasteiger partial charge in [-0.1, -0.05) is 11.6 Å². The number of aliphatic hydroxyl groups is 1. The fraction of sp³-hybridized carbons (Fsp3) is 0.538. The fourth-order valence-electron chi connectivity index (χ4n) is 1.66. The van der Waals surface area contributed by atoms with Crippen LogP contribution in [0.4, 0.5) is 0 Å². The summed E-state index contributed by atoms with van der Waals surface area (Å²) in [4.78, 5) is 1.23. The zero-order valence-electron chi connectivity index (χ0n) is 9.73. The molecule has 2 nitrogen and oxygen atoms in total. The number of thioether (sulfide) groups is 1. The summed E-state index contributed by atoms with van der Waals surface area (Å²) in [5, 5.41) is 13.5. The van der Waals surface area contributed by atoms with Gasteiger partial charge in [0.2, 0.25) is 0 Å². The predicted molar refractivity (Wildman–Crippen MR) is 73.8 cm³/mol. The van der Waals surface area contributed by atoms with Gasteiger partial charge in [0.1, 0.15) is 0 Å². The van der Waals surface area contributed by atoms with Crippen LogP contribution in [0.2, 0.25) is 5.02 Å². The van der Waals surface area contributed by atoms with Crippen molar-refractivity contribution < 1.29 is 5.11 Å². The summed E-state index contributed by atoms with van der Waals surface area (Å²) in [6.07, 6.45) is 3.53. The SMILES string of the molecule is OCC(CCSc1ccc(Cl)cc1)NC1CC1. The first kappa shape index (κ1) is 13.2. The van der Waals surface area contributed by atoms with Crippen molar-refractivity contribution in [2.24, 2.45) is 0 Å². The molecule has 2 N–H and O–H groups in total. The molecular formula is C13H18ClNOS. The molecule has 1 atom stereocenters. The maximum atomic E-state index is 9.25. The van der Waals surface area contributed by atoms with Gasteiger partial charge in [0.05, 0.1) is 6.61 Å². The van der Waals surface area contributed by atoms with Crippen LogP contribution < -0.4 is 5.32 Å². The van der Waals surface area contributed by atoms with E-state index in [1.165, 1.54) is 17.7 Å². The molecule has 1 aromatic carbocycles. The zero-order chi connectivity index (χ0) is 12.1. The van der Waals surface area contributed by atoms with Gasteiger partial charge >= 0.3 is 0 Å². The Morgan fingerprint density at radius 1 is 1.35 bits per heavy atom. The molecule has 0 bridgehead atoms. The number of hydrogen-bond acceptors (Lipinski definition) is 3. The second kappa shape index (κ2) is 6.64. The molecule has 4 heteroatoms. The minimum Gasteiger partial charge on any atom is -0.395 e. The van der Waals surface area contributed by atoms with Crippen LogP contribution in [0.15, 0.2) is 29.2 Å². The van der Waals surface area contributed by atoms with Crippen LogP contribution in [0.5, 0.6) is 0 Å². The lowest BCUT2D eigenvalue weighted by molar-refractivity contribution is 0.239. The lowest BCUT2D eigenvalue weighted by Gasteiger charge is -2.15. The summed E-state index contributed by atoms with van der Waals surface area (Å²) in [5.41, 5.74) is 0. The standard InChI is InChI=1S/C13H18ClNOS/c14-10-1-5-13(6-2-10)17-8-7-12(9-16)15-11-3-4-11/h1-2,5-6,11-12,15-16H,3-4,7-9H2. The van der Waals surface area contributed by atoms with Crippen molar-refractivity contribution in [2.75, 3.05) is 12.4 Å². The molecule has 0 amide bonds. The highest BCUT2D eigenvalue weighted by Gasteiger charge is 2.23. The van der Waals surface area contributed by atoms with E-state index in [9.17, 15) is 5.11 Å². The maximum Gasteiger partial charge on any atom is 0.0585 e. The van der Waals surface area contributed by atoms with Crippen LogP contribution in [0.25, 0.3) is 0 Å². The van der Waals surface area contributed by atoms with Gasteiger partial charge in [0, 0.05) is 22.0 Å². The second-order valence-electron chi connectivity index (χ2n) is 4.41. The highest BCUT2D eigenvalue weighted by molar-refractivity contribution is 7.99. The average Bonchev–Trinajstić information content (AvgIpc) is 3.14. The molecule has 1 fully saturated rings. The molecule has 17 heavy (non-hydrogen) atoms. The topological polar surface area (TPSA) is 32.3 Å². The average molecular weight is 272 g/mol. The van der Waals surface area contributed by atoms with Gasteiger partial charge in [-0.25, -0.2) is 0 Å². The van der Waals surface area contributed by atoms with Crippen molar-refractivity contribution >= 4 is 23.4 Å². The normalized spacial score (nSPS) is 17.1. The number of rotatable bonds is 7. The Morgan fingerprint density at radius 3 is 2.65 bits per heavy atom. The first-order valence-corrected chi connectivity index (χ1v) is 7.39. The Kier molecular flexibility index (Phi) is 5.16. The Hall–Kier alpha value is -0.220. The monoisotopic (exact) mass is 271 g/mol. The van der Waals surface area contributed by atoms with Crippen molar-refractivity contribution in [1.29, 1.82) is 0 Å². The highest BCUT2D eigenvalue weighted by Crippen LogP contribution is 2.23. The third kappa shape index (κ3) is 4.88. The zero-order valence-corrected chi connectivity index (χ0v) is 11.3. The summed E-state index contributed by atoms with van der Waals surface area (Å²) in [6.45, 7) is 0.234. The van der Waals surface area contributed by atoms with Crippen LogP contribution in [0.1, 0.15) is 19.3 Å². The first-order chi connectivity index (χ1) is 8.28. The van der Waals surface area contributed by atoms with Gasteiger partial charge < -0.3 is 10.4 Å². The summed E-state index contributed by atoms with van der Waals surface area (Å²) < 4.78 is 0. The van der Waals surface area contributed by atoms with Crippen LogP contribution in [-0.4, -0.2) is 29.5 Å². The fourth-order valence-corrected chi connectivity index (χ4v) is 2.75. The molecule has 2 rings (SSSR count). The van der Waals surface area contributed by atoms with Crippen molar-refractivity contribution in [2.45, 2.75) is 36.2 Å². The smallest absolute Gasteiger partial charge is 0.0585 e. The van der Waals surface area contributed by atoms with Gasteiger partial charge in [-0.2, -0.15) is 0 Å². The summed E-state index contributed by atoms with van der Waals surface area (Å²) in [5.74, 6) is 1.02. The predicted octanol–water partition coefficient (Wildman–Crippen LogP) is 2.94. The van der Waals surface area contributed by atoms with E-state index < -0.39 is 0 Å². The third-order valence-electron chi connectivity index (χ3n) is 2.82. The number of aliphatic hydroxyl groups excluding tert-OH is 1. The summed E-state index contributed by atoms with van der Waals surface area (Å²) in [7, 11) is 0. The van der Waals surface area contributed by atoms with E-state index in [1.54, 1.807) is 0 Å². The van der Waals surface area contributed by atoms with E-state index in [1.807, 2.05) is 36.0 Å². The third-order valence-corrected chi connectivity index (χ3v) is 4.12. The molecule has 0 radical (unpaired) electrons. The Bertz CT molecular complexity index is 340. The van der Waals surface area contributed by atoms with E-state index in [-0.39, 0.29) is 12.6 Å². The van der Waals surface area contributed by atoms with Crippen molar-refractivity contribution in [1.82, 2.24) is 5.32 Å². The molecule has 0 aromatic heterocycles.